The summed E-state index contributed by atoms with van der Waals surface area (Å²) in [5.41, 5.74) is 2.76. The van der Waals surface area contributed by atoms with Crippen molar-refractivity contribution in [2.24, 2.45) is 5.92 Å². The summed E-state index contributed by atoms with van der Waals surface area (Å²) in [7, 11) is 1.71. The molecule has 2 heteroatoms. The van der Waals surface area contributed by atoms with Crippen molar-refractivity contribution in [2.45, 2.75) is 38.0 Å². The smallest absolute Gasteiger partial charge is 0.119 e. The predicted octanol–water partition coefficient (Wildman–Crippen LogP) is 4.12. The van der Waals surface area contributed by atoms with Gasteiger partial charge in [0.05, 0.1) is 7.11 Å². The van der Waals surface area contributed by atoms with Crippen LogP contribution < -0.4 is 4.74 Å². The number of methoxy groups -OCH3 is 1. The third-order valence-electron chi connectivity index (χ3n) is 3.84. The van der Waals surface area contributed by atoms with Crippen molar-refractivity contribution in [3.05, 3.63) is 29.3 Å². The van der Waals surface area contributed by atoms with E-state index >= 15 is 0 Å². The zero-order valence-corrected chi connectivity index (χ0v) is 10.9. The highest BCUT2D eigenvalue weighted by Gasteiger charge is 2.32. The third-order valence-corrected chi connectivity index (χ3v) is 4.45. The molecular formula is C14H19ClO. The van der Waals surface area contributed by atoms with E-state index in [-0.39, 0.29) is 0 Å². The lowest BCUT2D eigenvalue weighted by Crippen LogP contribution is -2.10. The van der Waals surface area contributed by atoms with Crippen LogP contribution in [0.1, 0.15) is 36.8 Å². The van der Waals surface area contributed by atoms with Gasteiger partial charge in [-0.2, -0.15) is 0 Å². The average Bonchev–Trinajstić information content (AvgIpc) is 2.60. The third kappa shape index (κ3) is 2.06. The van der Waals surface area contributed by atoms with E-state index in [0.717, 1.165) is 12.2 Å². The van der Waals surface area contributed by atoms with Gasteiger partial charge in [-0.25, -0.2) is 0 Å². The molecule has 0 saturated heterocycles. The van der Waals surface area contributed by atoms with Gasteiger partial charge in [0.1, 0.15) is 5.75 Å². The van der Waals surface area contributed by atoms with Crippen molar-refractivity contribution in [2.75, 3.05) is 7.11 Å². The van der Waals surface area contributed by atoms with Crippen LogP contribution in [0.4, 0.5) is 0 Å². The molecule has 0 aromatic heterocycles. The van der Waals surface area contributed by atoms with Gasteiger partial charge in [0, 0.05) is 5.38 Å². The molecule has 0 amide bonds. The van der Waals surface area contributed by atoms with Crippen molar-refractivity contribution >= 4 is 11.6 Å². The maximum Gasteiger partial charge on any atom is 0.119 e. The van der Waals surface area contributed by atoms with Crippen LogP contribution in [0.5, 0.6) is 5.75 Å². The van der Waals surface area contributed by atoms with E-state index in [4.69, 9.17) is 16.3 Å². The molecule has 1 aromatic rings. The summed E-state index contributed by atoms with van der Waals surface area (Å²) in [6, 6.07) is 6.37. The second kappa shape index (κ2) is 4.67. The van der Waals surface area contributed by atoms with Gasteiger partial charge in [-0.1, -0.05) is 13.0 Å². The van der Waals surface area contributed by atoms with Gasteiger partial charge in [-0.05, 0) is 54.9 Å². The van der Waals surface area contributed by atoms with Crippen LogP contribution in [0.25, 0.3) is 0 Å². The Labute approximate surface area is 103 Å². The van der Waals surface area contributed by atoms with E-state index in [2.05, 4.69) is 32.0 Å². The van der Waals surface area contributed by atoms with Gasteiger partial charge < -0.3 is 4.74 Å². The Hall–Kier alpha value is -0.690. The van der Waals surface area contributed by atoms with Gasteiger partial charge >= 0.3 is 0 Å². The second-order valence-electron chi connectivity index (χ2n) is 4.78. The first-order valence-electron chi connectivity index (χ1n) is 5.92. The van der Waals surface area contributed by atoms with Crippen LogP contribution in [-0.2, 0) is 0 Å². The van der Waals surface area contributed by atoms with Crippen LogP contribution in [-0.4, -0.2) is 12.5 Å². The largest absolute Gasteiger partial charge is 0.497 e. The number of benzene rings is 1. The SMILES string of the molecule is COc1ccc(C2CCC(Cl)C2C)c(C)c1. The molecule has 3 unspecified atom stereocenters. The molecule has 1 saturated carbocycles. The number of alkyl halides is 1. The molecule has 1 aliphatic carbocycles. The summed E-state index contributed by atoms with van der Waals surface area (Å²) < 4.78 is 5.23. The fourth-order valence-electron chi connectivity index (χ4n) is 2.75. The Morgan fingerprint density at radius 3 is 2.56 bits per heavy atom. The van der Waals surface area contributed by atoms with E-state index < -0.39 is 0 Å². The van der Waals surface area contributed by atoms with E-state index in [0.29, 0.717) is 17.2 Å². The monoisotopic (exact) mass is 238 g/mol. The van der Waals surface area contributed by atoms with Gasteiger partial charge in [0.25, 0.3) is 0 Å². The van der Waals surface area contributed by atoms with E-state index in [1.54, 1.807) is 7.11 Å². The molecule has 0 N–H and O–H groups in total. The highest BCUT2D eigenvalue weighted by molar-refractivity contribution is 6.21. The molecule has 88 valence electrons. The van der Waals surface area contributed by atoms with Gasteiger partial charge in [-0.15, -0.1) is 11.6 Å². The van der Waals surface area contributed by atoms with Crippen LogP contribution in [0.15, 0.2) is 18.2 Å². The molecule has 1 nitrogen and oxygen atoms in total. The minimum absolute atomic E-state index is 0.339. The molecule has 0 spiro atoms. The zero-order valence-electron chi connectivity index (χ0n) is 10.2. The summed E-state index contributed by atoms with van der Waals surface area (Å²) in [6.07, 6.45) is 2.35. The van der Waals surface area contributed by atoms with E-state index in [1.165, 1.54) is 17.5 Å². The molecule has 0 heterocycles. The van der Waals surface area contributed by atoms with Crippen LogP contribution in [0, 0.1) is 12.8 Å². The Morgan fingerprint density at radius 1 is 1.31 bits per heavy atom. The molecule has 1 fully saturated rings. The quantitative estimate of drug-likeness (QED) is 0.705. The summed E-state index contributed by atoms with van der Waals surface area (Å²) in [4.78, 5) is 0. The lowest BCUT2D eigenvalue weighted by molar-refractivity contribution is 0.414. The maximum atomic E-state index is 6.29. The van der Waals surface area contributed by atoms with E-state index in [9.17, 15) is 0 Å². The summed E-state index contributed by atoms with van der Waals surface area (Å²) in [5, 5.41) is 0.339. The lowest BCUT2D eigenvalue weighted by atomic mass is 9.87. The number of ether oxygens (including phenoxy) is 1. The summed E-state index contributed by atoms with van der Waals surface area (Å²) >= 11 is 6.29. The fraction of sp³-hybridized carbons (Fsp3) is 0.571. The standard InChI is InChI=1S/C14H19ClO/c1-9-8-11(16-3)4-5-12(9)13-6-7-14(15)10(13)2/h4-5,8,10,13-14H,6-7H2,1-3H3. The van der Waals surface area contributed by atoms with Crippen molar-refractivity contribution in [3.63, 3.8) is 0 Å². The van der Waals surface area contributed by atoms with Crippen LogP contribution in [0.2, 0.25) is 0 Å². The molecule has 0 bridgehead atoms. The summed E-state index contributed by atoms with van der Waals surface area (Å²) in [6.45, 7) is 4.42. The molecule has 0 radical (unpaired) electrons. The minimum Gasteiger partial charge on any atom is -0.497 e. The number of aryl methyl sites for hydroxylation is 1. The van der Waals surface area contributed by atoms with Crippen molar-refractivity contribution in [1.29, 1.82) is 0 Å². The first-order valence-corrected chi connectivity index (χ1v) is 6.35. The van der Waals surface area contributed by atoms with Crippen molar-refractivity contribution < 1.29 is 4.74 Å². The van der Waals surface area contributed by atoms with Crippen LogP contribution in [0.3, 0.4) is 0 Å². The van der Waals surface area contributed by atoms with E-state index in [1.807, 2.05) is 0 Å². The first-order chi connectivity index (χ1) is 7.63. The fourth-order valence-corrected chi connectivity index (χ4v) is 3.05. The molecule has 1 aromatic carbocycles. The molecular weight excluding hydrogens is 220 g/mol. The predicted molar refractivity (Wildman–Crippen MR) is 68.5 cm³/mol. The molecule has 2 rings (SSSR count). The van der Waals surface area contributed by atoms with Crippen molar-refractivity contribution in [1.82, 2.24) is 0 Å². The van der Waals surface area contributed by atoms with Gasteiger partial charge in [0.2, 0.25) is 0 Å². The Bertz CT molecular complexity index is 375. The lowest BCUT2D eigenvalue weighted by Gasteiger charge is -2.20. The van der Waals surface area contributed by atoms with Gasteiger partial charge in [0.15, 0.2) is 0 Å². The zero-order chi connectivity index (χ0) is 11.7. The number of halogens is 1. The normalized spacial score (nSPS) is 29.4. The topological polar surface area (TPSA) is 9.23 Å². The number of rotatable bonds is 2. The Kier molecular flexibility index (Phi) is 3.44. The molecule has 1 aliphatic rings. The van der Waals surface area contributed by atoms with Crippen molar-refractivity contribution in [3.8, 4) is 5.75 Å². The maximum absolute atomic E-state index is 6.29. The Morgan fingerprint density at radius 2 is 2.06 bits per heavy atom. The average molecular weight is 239 g/mol. The molecule has 16 heavy (non-hydrogen) atoms. The van der Waals surface area contributed by atoms with Gasteiger partial charge in [-0.3, -0.25) is 0 Å². The summed E-state index contributed by atoms with van der Waals surface area (Å²) in [5.74, 6) is 2.14. The minimum atomic E-state index is 0.339. The number of hydrogen-bond donors (Lipinski definition) is 0. The highest BCUT2D eigenvalue weighted by Crippen LogP contribution is 2.43. The molecule has 0 aliphatic heterocycles. The van der Waals surface area contributed by atoms with Crippen LogP contribution >= 0.6 is 11.6 Å². The molecule has 3 atom stereocenters. The highest BCUT2D eigenvalue weighted by atomic mass is 35.5. The Balaban J connectivity index is 2.27. The second-order valence-corrected chi connectivity index (χ2v) is 5.34. The number of hydrogen-bond acceptors (Lipinski definition) is 1. The first kappa shape index (κ1) is 11.8.